The second-order valence-corrected chi connectivity index (χ2v) is 8.91. The smallest absolute Gasteiger partial charge is 0.262 e. The molecular weight excluding hydrogens is 490 g/mol. The van der Waals surface area contributed by atoms with Gasteiger partial charge in [0.05, 0.1) is 26.2 Å². The highest BCUT2D eigenvalue weighted by molar-refractivity contribution is 9.10. The molecule has 3 aromatic rings. The number of carbonyl (C=O) groups excluding carboxylic acids is 2. The summed E-state index contributed by atoms with van der Waals surface area (Å²) in [5.41, 5.74) is 2.44. The Morgan fingerprint density at radius 3 is 2.56 bits per heavy atom. The first-order valence-electron chi connectivity index (χ1n) is 10.1. The molecule has 0 N–H and O–H groups in total. The first-order chi connectivity index (χ1) is 15.5. The monoisotopic (exact) mass is 507 g/mol. The number of benzene rings is 2. The third-order valence-corrected chi connectivity index (χ3v) is 6.79. The Kier molecular flexibility index (Phi) is 6.26. The van der Waals surface area contributed by atoms with Crippen LogP contribution in [0.5, 0.6) is 0 Å². The largest absolute Gasteiger partial charge is 0.275 e. The minimum absolute atomic E-state index is 0.165. The number of hydrogen-bond acceptors (Lipinski definition) is 7. The van der Waals surface area contributed by atoms with Crippen LogP contribution in [-0.4, -0.2) is 28.2 Å². The van der Waals surface area contributed by atoms with Crippen molar-refractivity contribution in [3.63, 3.8) is 0 Å². The molecule has 0 bridgehead atoms. The van der Waals surface area contributed by atoms with E-state index in [1.807, 2.05) is 30.3 Å². The lowest BCUT2D eigenvalue weighted by molar-refractivity contribution is 0.0662. The number of amides is 2. The van der Waals surface area contributed by atoms with Gasteiger partial charge in [0, 0.05) is 12.1 Å². The number of aryl methyl sites for hydroxylation is 1. The fourth-order valence-corrected chi connectivity index (χ4v) is 5.17. The van der Waals surface area contributed by atoms with E-state index in [4.69, 9.17) is 4.98 Å². The van der Waals surface area contributed by atoms with Crippen LogP contribution >= 0.6 is 27.3 Å². The van der Waals surface area contributed by atoms with Gasteiger partial charge in [-0.05, 0) is 41.8 Å². The lowest BCUT2D eigenvalue weighted by Gasteiger charge is -2.09. The van der Waals surface area contributed by atoms with Gasteiger partial charge in [0.25, 0.3) is 11.8 Å². The Labute approximate surface area is 197 Å². The number of thiazole rings is 1. The average Bonchev–Trinajstić information content (AvgIpc) is 3.31. The van der Waals surface area contributed by atoms with Crippen molar-refractivity contribution >= 4 is 49.8 Å². The maximum atomic E-state index is 12.7. The van der Waals surface area contributed by atoms with Crippen molar-refractivity contribution in [2.45, 2.75) is 26.7 Å². The van der Waals surface area contributed by atoms with Gasteiger partial charge >= 0.3 is 0 Å². The number of nitrogens with zero attached hydrogens (tertiary/aromatic N) is 5. The zero-order valence-corrected chi connectivity index (χ0v) is 19.8. The van der Waals surface area contributed by atoms with Crippen molar-refractivity contribution in [1.29, 1.82) is 5.26 Å². The van der Waals surface area contributed by atoms with Crippen LogP contribution in [0.15, 0.2) is 51.1 Å². The van der Waals surface area contributed by atoms with Crippen LogP contribution in [0.4, 0.5) is 10.7 Å². The second kappa shape index (κ2) is 9.10. The molecule has 2 aromatic carbocycles. The fourth-order valence-electron chi connectivity index (χ4n) is 3.48. The van der Waals surface area contributed by atoms with E-state index in [9.17, 15) is 14.9 Å². The van der Waals surface area contributed by atoms with Crippen LogP contribution in [0.1, 0.15) is 51.6 Å². The summed E-state index contributed by atoms with van der Waals surface area (Å²) >= 11 is 4.85. The molecule has 2 amide bonds. The zero-order valence-electron chi connectivity index (χ0n) is 17.4. The zero-order chi connectivity index (χ0) is 22.8. The maximum absolute atomic E-state index is 12.7. The number of fused-ring (bicyclic) bond motifs is 1. The third kappa shape index (κ3) is 3.76. The van der Waals surface area contributed by atoms with Gasteiger partial charge in [0.2, 0.25) is 0 Å². The number of carbonyl (C=O) groups is 2. The molecule has 7 nitrogen and oxygen atoms in total. The fraction of sp³-hybridized carbons (Fsp3) is 0.217. The first kappa shape index (κ1) is 22.0. The van der Waals surface area contributed by atoms with E-state index in [0.717, 1.165) is 34.0 Å². The lowest BCUT2D eigenvalue weighted by Crippen LogP contribution is -2.29. The molecule has 2 heterocycles. The van der Waals surface area contributed by atoms with E-state index in [1.165, 1.54) is 17.4 Å². The van der Waals surface area contributed by atoms with Gasteiger partial charge in [-0.1, -0.05) is 48.6 Å². The number of rotatable bonds is 6. The number of halogens is 1. The van der Waals surface area contributed by atoms with Gasteiger partial charge in [0.1, 0.15) is 17.5 Å². The van der Waals surface area contributed by atoms with Crippen LogP contribution < -0.4 is 0 Å². The first-order valence-corrected chi connectivity index (χ1v) is 11.7. The molecule has 0 atom stereocenters. The van der Waals surface area contributed by atoms with Gasteiger partial charge in [0.15, 0.2) is 5.00 Å². The Bertz CT molecular complexity index is 1290. The van der Waals surface area contributed by atoms with E-state index in [1.54, 1.807) is 6.92 Å². The van der Waals surface area contributed by atoms with Gasteiger partial charge in [-0.2, -0.15) is 5.26 Å². The van der Waals surface area contributed by atoms with Crippen LogP contribution in [0, 0.1) is 11.3 Å². The molecular formula is C23H18BrN5O2S. The molecule has 32 heavy (non-hydrogen) atoms. The Morgan fingerprint density at radius 2 is 1.91 bits per heavy atom. The van der Waals surface area contributed by atoms with Crippen LogP contribution in [0.25, 0.3) is 11.3 Å². The summed E-state index contributed by atoms with van der Waals surface area (Å²) < 4.78 is 0.296. The number of imide groups is 1. The van der Waals surface area contributed by atoms with Gasteiger partial charge in [-0.25, -0.2) is 4.98 Å². The van der Waals surface area contributed by atoms with Crippen molar-refractivity contribution in [1.82, 2.24) is 9.88 Å². The number of hydrogen-bond donors (Lipinski definition) is 0. The average molecular weight is 508 g/mol. The molecule has 1 aliphatic heterocycles. The molecule has 1 aliphatic rings. The summed E-state index contributed by atoms with van der Waals surface area (Å²) in [5.74, 6) is -0.820. The van der Waals surface area contributed by atoms with E-state index in [0.29, 0.717) is 9.47 Å². The normalized spacial score (nSPS) is 13.1. The highest BCUT2D eigenvalue weighted by Gasteiger charge is 2.38. The third-order valence-electron chi connectivity index (χ3n) is 5.02. The number of nitriles is 1. The predicted octanol–water partition coefficient (Wildman–Crippen LogP) is 6.43. The van der Waals surface area contributed by atoms with Crippen molar-refractivity contribution in [2.75, 3.05) is 6.54 Å². The van der Waals surface area contributed by atoms with E-state index >= 15 is 0 Å². The minimum Gasteiger partial charge on any atom is -0.275 e. The van der Waals surface area contributed by atoms with Crippen LogP contribution in [-0.2, 0) is 6.42 Å². The standard InChI is InChI=1S/C23H18BrN5O2S/c1-3-8-16-26-20(13-9-6-5-7-10-13)21(32-16)28-27-19-14(12-25)11-15-17(18(19)24)23(31)29(4-2)22(15)30/h5-7,9-11H,3-4,8H2,1-2H3. The van der Waals surface area contributed by atoms with E-state index < -0.39 is 11.8 Å². The SMILES string of the molecule is CCCc1nc(-c2ccccc2)c(N=Nc2c(C#N)cc3c(c2Br)C(=O)N(CC)C3=O)s1. The Morgan fingerprint density at radius 1 is 1.16 bits per heavy atom. The second-order valence-electron chi connectivity index (χ2n) is 7.05. The van der Waals surface area contributed by atoms with Gasteiger partial charge in [-0.15, -0.1) is 10.2 Å². The van der Waals surface area contributed by atoms with Crippen molar-refractivity contribution in [3.8, 4) is 17.3 Å². The van der Waals surface area contributed by atoms with Gasteiger partial charge in [-0.3, -0.25) is 14.5 Å². The topological polar surface area (TPSA) is 98.8 Å². The summed E-state index contributed by atoms with van der Waals surface area (Å²) in [7, 11) is 0. The summed E-state index contributed by atoms with van der Waals surface area (Å²) in [5, 5.41) is 20.0. The highest BCUT2D eigenvalue weighted by atomic mass is 79.9. The summed E-state index contributed by atoms with van der Waals surface area (Å²) in [6, 6.07) is 13.2. The van der Waals surface area contributed by atoms with Crippen molar-refractivity contribution < 1.29 is 9.59 Å². The molecule has 1 aromatic heterocycles. The molecule has 160 valence electrons. The molecule has 9 heteroatoms. The van der Waals surface area contributed by atoms with Crippen molar-refractivity contribution in [2.24, 2.45) is 10.2 Å². The van der Waals surface area contributed by atoms with Gasteiger partial charge < -0.3 is 0 Å². The molecule has 0 saturated carbocycles. The summed E-state index contributed by atoms with van der Waals surface area (Å²) in [6.07, 6.45) is 1.78. The molecule has 0 fully saturated rings. The highest BCUT2D eigenvalue weighted by Crippen LogP contribution is 2.42. The van der Waals surface area contributed by atoms with E-state index in [-0.39, 0.29) is 28.9 Å². The predicted molar refractivity (Wildman–Crippen MR) is 126 cm³/mol. The molecule has 0 aliphatic carbocycles. The lowest BCUT2D eigenvalue weighted by atomic mass is 10.0. The molecule has 0 saturated heterocycles. The van der Waals surface area contributed by atoms with E-state index in [2.05, 4.69) is 39.2 Å². The Hall–Kier alpha value is -3.22. The summed E-state index contributed by atoms with van der Waals surface area (Å²) in [4.78, 5) is 31.1. The molecule has 0 radical (unpaired) electrons. The maximum Gasteiger partial charge on any atom is 0.262 e. The molecule has 4 rings (SSSR count). The Balaban J connectivity index is 1.82. The van der Waals surface area contributed by atoms with Crippen LogP contribution in [0.3, 0.4) is 0 Å². The number of azo groups is 1. The van der Waals surface area contributed by atoms with Crippen molar-refractivity contribution in [3.05, 3.63) is 62.6 Å². The molecule has 0 unspecified atom stereocenters. The molecule has 0 spiro atoms. The summed E-state index contributed by atoms with van der Waals surface area (Å²) in [6.45, 7) is 4.06. The minimum atomic E-state index is -0.411. The van der Waals surface area contributed by atoms with Crippen LogP contribution in [0.2, 0.25) is 0 Å². The quantitative estimate of drug-likeness (QED) is 0.283. The number of aromatic nitrogens is 1.